The molecule has 1 aromatic heterocycles. The SMILES string of the molecule is CCCC(=O)N(CCCCCc1noc(C(C)(C)C)n1)c1cccc(B2OCC(C)(C)CO2)c1. The molecule has 2 aromatic rings. The Morgan fingerprint density at radius 2 is 1.88 bits per heavy atom. The summed E-state index contributed by atoms with van der Waals surface area (Å²) in [5.41, 5.74) is 1.74. The number of anilines is 1. The Labute approximate surface area is 204 Å². The summed E-state index contributed by atoms with van der Waals surface area (Å²) in [7, 11) is -0.385. The number of hydrogen-bond acceptors (Lipinski definition) is 6. The summed E-state index contributed by atoms with van der Waals surface area (Å²) < 4.78 is 17.3. The van der Waals surface area contributed by atoms with Crippen molar-refractivity contribution in [1.29, 1.82) is 0 Å². The topological polar surface area (TPSA) is 77.7 Å². The number of rotatable bonds is 10. The predicted molar refractivity (Wildman–Crippen MR) is 135 cm³/mol. The Hall–Kier alpha value is -2.19. The van der Waals surface area contributed by atoms with E-state index in [9.17, 15) is 4.79 Å². The van der Waals surface area contributed by atoms with Gasteiger partial charge in [-0.25, -0.2) is 0 Å². The highest BCUT2D eigenvalue weighted by molar-refractivity contribution is 6.61. The van der Waals surface area contributed by atoms with Crippen LogP contribution in [0.25, 0.3) is 0 Å². The quantitative estimate of drug-likeness (QED) is 0.371. The summed E-state index contributed by atoms with van der Waals surface area (Å²) >= 11 is 0. The van der Waals surface area contributed by atoms with E-state index < -0.39 is 0 Å². The average Bonchev–Trinajstić information content (AvgIpc) is 3.26. The normalized spacial score (nSPS) is 16.0. The first-order chi connectivity index (χ1) is 16.1. The molecule has 3 rings (SSSR count). The Morgan fingerprint density at radius 1 is 1.15 bits per heavy atom. The molecule has 1 aromatic carbocycles. The smallest absolute Gasteiger partial charge is 0.407 e. The third kappa shape index (κ3) is 7.41. The molecule has 1 fully saturated rings. The van der Waals surface area contributed by atoms with Gasteiger partial charge in [0, 0.05) is 49.1 Å². The molecule has 1 amide bonds. The molecule has 0 N–H and O–H groups in total. The van der Waals surface area contributed by atoms with Crippen molar-refractivity contribution in [1.82, 2.24) is 10.1 Å². The molecular weight excluding hydrogens is 429 g/mol. The molecular formula is C26H40BN3O4. The fourth-order valence-corrected chi connectivity index (χ4v) is 3.86. The first kappa shape index (κ1) is 26.4. The molecule has 0 atom stereocenters. The van der Waals surface area contributed by atoms with Crippen LogP contribution < -0.4 is 10.4 Å². The number of amides is 1. The molecule has 0 aliphatic carbocycles. The van der Waals surface area contributed by atoms with Gasteiger partial charge in [-0.3, -0.25) is 4.79 Å². The first-order valence-electron chi connectivity index (χ1n) is 12.6. The predicted octanol–water partition coefficient (Wildman–Crippen LogP) is 4.68. The van der Waals surface area contributed by atoms with E-state index in [-0.39, 0.29) is 23.9 Å². The lowest BCUT2D eigenvalue weighted by Gasteiger charge is -2.33. The van der Waals surface area contributed by atoms with E-state index in [1.165, 1.54) is 0 Å². The summed E-state index contributed by atoms with van der Waals surface area (Å²) in [6.07, 6.45) is 5.00. The zero-order valence-corrected chi connectivity index (χ0v) is 21.7. The lowest BCUT2D eigenvalue weighted by molar-refractivity contribution is -0.118. The van der Waals surface area contributed by atoms with E-state index in [2.05, 4.69) is 44.8 Å². The second-order valence-electron chi connectivity index (χ2n) is 11.1. The van der Waals surface area contributed by atoms with E-state index in [1.807, 2.05) is 36.1 Å². The van der Waals surface area contributed by atoms with Gasteiger partial charge in [0.05, 0.1) is 0 Å². The van der Waals surface area contributed by atoms with Crippen molar-refractivity contribution in [2.24, 2.45) is 5.41 Å². The summed E-state index contributed by atoms with van der Waals surface area (Å²) in [6.45, 7) is 14.5. The second kappa shape index (κ2) is 11.5. The number of aromatic nitrogens is 2. The van der Waals surface area contributed by atoms with E-state index in [0.717, 1.165) is 49.1 Å². The average molecular weight is 469 g/mol. The lowest BCUT2D eigenvalue weighted by atomic mass is 9.75. The molecule has 0 radical (unpaired) electrons. The molecule has 0 spiro atoms. The number of benzene rings is 1. The molecule has 1 aliphatic heterocycles. The van der Waals surface area contributed by atoms with Crippen molar-refractivity contribution in [2.75, 3.05) is 24.7 Å². The highest BCUT2D eigenvalue weighted by Gasteiger charge is 2.33. The van der Waals surface area contributed by atoms with Crippen LogP contribution in [-0.2, 0) is 25.9 Å². The van der Waals surface area contributed by atoms with Crippen molar-refractivity contribution in [3.63, 3.8) is 0 Å². The van der Waals surface area contributed by atoms with Crippen molar-refractivity contribution in [3.8, 4) is 0 Å². The van der Waals surface area contributed by atoms with Crippen LogP contribution in [0.2, 0.25) is 0 Å². The van der Waals surface area contributed by atoms with Gasteiger partial charge in [0.25, 0.3) is 0 Å². The van der Waals surface area contributed by atoms with E-state index in [0.29, 0.717) is 32.1 Å². The van der Waals surface area contributed by atoms with Crippen LogP contribution >= 0.6 is 0 Å². The van der Waals surface area contributed by atoms with Gasteiger partial charge in [0.15, 0.2) is 5.82 Å². The van der Waals surface area contributed by atoms with Crippen molar-refractivity contribution in [2.45, 2.75) is 85.5 Å². The Kier molecular flexibility index (Phi) is 8.93. The van der Waals surface area contributed by atoms with Crippen molar-refractivity contribution >= 4 is 24.2 Å². The number of nitrogens with zero attached hydrogens (tertiary/aromatic N) is 3. The van der Waals surface area contributed by atoms with Crippen molar-refractivity contribution in [3.05, 3.63) is 36.0 Å². The number of carbonyl (C=O) groups is 1. The van der Waals surface area contributed by atoms with Crippen LogP contribution in [0.1, 0.15) is 85.4 Å². The van der Waals surface area contributed by atoms with Gasteiger partial charge in [-0.2, -0.15) is 4.98 Å². The summed E-state index contributed by atoms with van der Waals surface area (Å²) in [5, 5.41) is 4.10. The van der Waals surface area contributed by atoms with Crippen LogP contribution in [0.3, 0.4) is 0 Å². The van der Waals surface area contributed by atoms with Gasteiger partial charge in [0.2, 0.25) is 11.8 Å². The van der Waals surface area contributed by atoms with Gasteiger partial charge in [-0.05, 0) is 36.9 Å². The van der Waals surface area contributed by atoms with Crippen LogP contribution in [-0.4, -0.2) is 42.9 Å². The highest BCUT2D eigenvalue weighted by atomic mass is 16.6. The van der Waals surface area contributed by atoms with E-state index in [4.69, 9.17) is 13.8 Å². The van der Waals surface area contributed by atoms with Gasteiger partial charge >= 0.3 is 7.12 Å². The lowest BCUT2D eigenvalue weighted by Crippen LogP contribution is -2.47. The Balaban J connectivity index is 1.57. The third-order valence-electron chi connectivity index (χ3n) is 5.86. The standard InChI is InChI=1S/C26H40BN3O4/c1-7-12-23(31)30(16-10-8-9-15-22-28-24(34-29-22)25(2,3)4)21-14-11-13-20(17-21)27-32-18-26(5,6)19-33-27/h11,13-14,17H,7-10,12,15-16,18-19H2,1-6H3. The van der Waals surface area contributed by atoms with E-state index in [1.54, 1.807) is 0 Å². The zero-order valence-electron chi connectivity index (χ0n) is 21.7. The largest absolute Gasteiger partial charge is 0.493 e. The molecule has 8 heteroatoms. The van der Waals surface area contributed by atoms with Gasteiger partial charge in [0.1, 0.15) is 0 Å². The third-order valence-corrected chi connectivity index (χ3v) is 5.86. The monoisotopic (exact) mass is 469 g/mol. The minimum Gasteiger partial charge on any atom is -0.407 e. The number of carbonyl (C=O) groups excluding carboxylic acids is 1. The molecule has 0 bridgehead atoms. The fraction of sp³-hybridized carbons (Fsp3) is 0.654. The maximum Gasteiger partial charge on any atom is 0.493 e. The molecule has 34 heavy (non-hydrogen) atoms. The van der Waals surface area contributed by atoms with Crippen LogP contribution in [0.15, 0.2) is 28.8 Å². The van der Waals surface area contributed by atoms with Gasteiger partial charge < -0.3 is 18.7 Å². The number of aryl methyl sites for hydroxylation is 1. The summed E-state index contributed by atoms with van der Waals surface area (Å²) in [4.78, 5) is 19.3. The number of unbranched alkanes of at least 4 members (excludes halogenated alkanes) is 2. The van der Waals surface area contributed by atoms with Crippen LogP contribution in [0, 0.1) is 5.41 Å². The Bertz CT molecular complexity index is 928. The highest BCUT2D eigenvalue weighted by Crippen LogP contribution is 2.23. The molecule has 7 nitrogen and oxygen atoms in total. The minimum absolute atomic E-state index is 0.0209. The second-order valence-corrected chi connectivity index (χ2v) is 11.1. The molecule has 0 unspecified atom stereocenters. The summed E-state index contributed by atoms with van der Waals surface area (Å²) in [6, 6.07) is 8.01. The van der Waals surface area contributed by atoms with Gasteiger partial charge in [-0.1, -0.05) is 65.3 Å². The van der Waals surface area contributed by atoms with Crippen LogP contribution in [0.5, 0.6) is 0 Å². The minimum atomic E-state index is -0.385. The molecule has 186 valence electrons. The summed E-state index contributed by atoms with van der Waals surface area (Å²) in [5.74, 6) is 1.58. The zero-order chi connectivity index (χ0) is 24.8. The Morgan fingerprint density at radius 3 is 2.53 bits per heavy atom. The maximum absolute atomic E-state index is 12.9. The molecule has 1 aliphatic rings. The van der Waals surface area contributed by atoms with Crippen LogP contribution in [0.4, 0.5) is 5.69 Å². The first-order valence-corrected chi connectivity index (χ1v) is 12.6. The molecule has 2 heterocycles. The molecule has 0 saturated carbocycles. The van der Waals surface area contributed by atoms with E-state index >= 15 is 0 Å². The fourth-order valence-electron chi connectivity index (χ4n) is 3.86. The maximum atomic E-state index is 12.9. The van der Waals surface area contributed by atoms with Gasteiger partial charge in [-0.15, -0.1) is 0 Å². The number of hydrogen-bond donors (Lipinski definition) is 0. The van der Waals surface area contributed by atoms with Crippen molar-refractivity contribution < 1.29 is 18.6 Å². The molecule has 1 saturated heterocycles.